The van der Waals surface area contributed by atoms with Crippen LogP contribution in [-0.2, 0) is 16.6 Å². The van der Waals surface area contributed by atoms with E-state index in [1.54, 1.807) is 12.3 Å². The summed E-state index contributed by atoms with van der Waals surface area (Å²) >= 11 is 0. The number of hydrogen-bond acceptors (Lipinski definition) is 5. The number of methoxy groups -OCH3 is 1. The molecule has 8 nitrogen and oxygen atoms in total. The maximum absolute atomic E-state index is 12.3. The monoisotopic (exact) mass is 462 g/mol. The second-order valence-electron chi connectivity index (χ2n) is 9.19. The largest absolute Gasteiger partial charge is 0.494 e. The molecule has 0 atom stereocenters. The van der Waals surface area contributed by atoms with Crippen LogP contribution >= 0.6 is 0 Å². The summed E-state index contributed by atoms with van der Waals surface area (Å²) in [6, 6.07) is 14.5. The number of non-ortho nitro benzene ring substituents is 1. The number of benzene rings is 2. The molecule has 0 saturated carbocycles. The van der Waals surface area contributed by atoms with Gasteiger partial charge in [0.05, 0.1) is 36.4 Å². The zero-order valence-corrected chi connectivity index (χ0v) is 20.4. The van der Waals surface area contributed by atoms with Crippen LogP contribution < -0.4 is 10.2 Å². The van der Waals surface area contributed by atoms with E-state index >= 15 is 0 Å². The number of aromatic nitrogens is 1. The zero-order chi connectivity index (χ0) is 25.0. The topological polar surface area (TPSA) is 98.8 Å². The molecule has 3 aromatic rings. The molecule has 1 amide bonds. The van der Waals surface area contributed by atoms with Gasteiger partial charge in [-0.25, -0.2) is 5.43 Å². The van der Waals surface area contributed by atoms with Crippen LogP contribution in [0.25, 0.3) is 5.69 Å². The van der Waals surface area contributed by atoms with Crippen LogP contribution in [0.15, 0.2) is 53.6 Å². The first kappa shape index (κ1) is 24.7. The van der Waals surface area contributed by atoms with Gasteiger partial charge in [-0.1, -0.05) is 45.0 Å². The average Bonchev–Trinajstić information content (AvgIpc) is 3.05. The van der Waals surface area contributed by atoms with Gasteiger partial charge in [-0.15, -0.1) is 0 Å². The third-order valence-corrected chi connectivity index (χ3v) is 5.66. The van der Waals surface area contributed by atoms with Crippen molar-refractivity contribution in [3.8, 4) is 11.4 Å². The van der Waals surface area contributed by atoms with Gasteiger partial charge in [0, 0.05) is 23.0 Å². The number of aryl methyl sites for hydroxylation is 1. The van der Waals surface area contributed by atoms with Gasteiger partial charge in [-0.3, -0.25) is 14.9 Å². The molecular formula is C26H30N4O4. The number of carbonyl (C=O) groups is 1. The summed E-state index contributed by atoms with van der Waals surface area (Å²) in [6.45, 7) is 10.3. The molecule has 0 fully saturated rings. The van der Waals surface area contributed by atoms with Crippen LogP contribution in [-0.4, -0.2) is 28.7 Å². The maximum Gasteiger partial charge on any atom is 0.273 e. The molecule has 0 radical (unpaired) electrons. The van der Waals surface area contributed by atoms with E-state index in [4.69, 9.17) is 4.74 Å². The van der Waals surface area contributed by atoms with E-state index in [1.807, 2.05) is 48.7 Å². The Hall–Kier alpha value is -3.94. The van der Waals surface area contributed by atoms with Gasteiger partial charge in [-0.2, -0.15) is 5.10 Å². The van der Waals surface area contributed by atoms with Gasteiger partial charge in [-0.05, 0) is 42.5 Å². The highest BCUT2D eigenvalue weighted by atomic mass is 16.6. The van der Waals surface area contributed by atoms with Gasteiger partial charge >= 0.3 is 0 Å². The minimum atomic E-state index is -0.457. The standard InChI is InChI=1S/C26H30N4O4/c1-17-13-20(18(2)29(17)23-12-11-22(30(32)33)15-24(23)34-6)16-27-28-25(31)14-19-7-9-21(10-8-19)26(3,4)5/h7-13,15-16H,14H2,1-6H3,(H,28,31)/b27-16-. The molecule has 1 N–H and O–H groups in total. The molecule has 2 aromatic carbocycles. The van der Waals surface area contributed by atoms with Crippen LogP contribution in [0.5, 0.6) is 5.75 Å². The molecule has 0 aliphatic rings. The van der Waals surface area contributed by atoms with Crippen molar-refractivity contribution in [2.45, 2.75) is 46.5 Å². The number of amides is 1. The quantitative estimate of drug-likeness (QED) is 0.303. The van der Waals surface area contributed by atoms with E-state index in [2.05, 4.69) is 31.3 Å². The lowest BCUT2D eigenvalue weighted by molar-refractivity contribution is -0.384. The third-order valence-electron chi connectivity index (χ3n) is 5.66. The lowest BCUT2D eigenvalue weighted by Gasteiger charge is -2.19. The molecule has 0 aliphatic carbocycles. The van der Waals surface area contributed by atoms with Gasteiger partial charge in [0.15, 0.2) is 0 Å². The minimum Gasteiger partial charge on any atom is -0.494 e. The van der Waals surface area contributed by atoms with Crippen molar-refractivity contribution in [3.63, 3.8) is 0 Å². The highest BCUT2D eigenvalue weighted by Gasteiger charge is 2.17. The number of hydrogen-bond donors (Lipinski definition) is 1. The molecule has 178 valence electrons. The van der Waals surface area contributed by atoms with Crippen LogP contribution in [0.2, 0.25) is 0 Å². The number of ether oxygens (including phenoxy) is 1. The Morgan fingerprint density at radius 1 is 1.15 bits per heavy atom. The Morgan fingerprint density at radius 2 is 1.82 bits per heavy atom. The number of hydrazone groups is 1. The number of nitrogens with one attached hydrogen (secondary N) is 1. The summed E-state index contributed by atoms with van der Waals surface area (Å²) in [5, 5.41) is 15.2. The van der Waals surface area contributed by atoms with Crippen molar-refractivity contribution in [2.75, 3.05) is 7.11 Å². The lowest BCUT2D eigenvalue weighted by atomic mass is 9.86. The number of rotatable bonds is 7. The van der Waals surface area contributed by atoms with E-state index in [0.29, 0.717) is 11.4 Å². The highest BCUT2D eigenvalue weighted by molar-refractivity contribution is 5.85. The van der Waals surface area contributed by atoms with Crippen LogP contribution in [0.1, 0.15) is 48.8 Å². The minimum absolute atomic E-state index is 0.0411. The highest BCUT2D eigenvalue weighted by Crippen LogP contribution is 2.31. The SMILES string of the molecule is COc1cc([N+](=O)[O-])ccc1-n1c(C)cc(/C=N\NC(=O)Cc2ccc(C(C)(C)C)cc2)c1C. The van der Waals surface area contributed by atoms with Crippen molar-refractivity contribution in [1.29, 1.82) is 0 Å². The molecule has 0 aliphatic heterocycles. The molecular weight excluding hydrogens is 432 g/mol. The molecule has 3 rings (SSSR count). The van der Waals surface area contributed by atoms with Crippen molar-refractivity contribution < 1.29 is 14.5 Å². The fraction of sp³-hybridized carbons (Fsp3) is 0.308. The van der Waals surface area contributed by atoms with Gasteiger partial charge in [0.25, 0.3) is 5.69 Å². The molecule has 0 bridgehead atoms. The number of nitro groups is 1. The van der Waals surface area contributed by atoms with E-state index in [0.717, 1.165) is 22.5 Å². The second kappa shape index (κ2) is 9.91. The number of nitrogens with zero attached hydrogens (tertiary/aromatic N) is 3. The molecule has 0 spiro atoms. The van der Waals surface area contributed by atoms with Crippen molar-refractivity contribution in [1.82, 2.24) is 9.99 Å². The third kappa shape index (κ3) is 5.51. The van der Waals surface area contributed by atoms with E-state index in [9.17, 15) is 14.9 Å². The number of nitro benzene ring substituents is 1. The first-order valence-electron chi connectivity index (χ1n) is 10.9. The molecule has 1 heterocycles. The second-order valence-corrected chi connectivity index (χ2v) is 9.19. The Balaban J connectivity index is 1.73. The van der Waals surface area contributed by atoms with E-state index < -0.39 is 4.92 Å². The van der Waals surface area contributed by atoms with Gasteiger partial charge < -0.3 is 9.30 Å². The smallest absolute Gasteiger partial charge is 0.273 e. The normalized spacial score (nSPS) is 11.6. The predicted molar refractivity (Wildman–Crippen MR) is 133 cm³/mol. The molecule has 1 aromatic heterocycles. The van der Waals surface area contributed by atoms with Gasteiger partial charge in [0.1, 0.15) is 5.75 Å². The Morgan fingerprint density at radius 3 is 2.41 bits per heavy atom. The summed E-state index contributed by atoms with van der Waals surface area (Å²) in [6.07, 6.45) is 1.83. The first-order valence-corrected chi connectivity index (χ1v) is 10.9. The Kier molecular flexibility index (Phi) is 7.20. The van der Waals surface area contributed by atoms with Crippen molar-refractivity contribution >= 4 is 17.8 Å². The lowest BCUT2D eigenvalue weighted by Crippen LogP contribution is -2.20. The van der Waals surface area contributed by atoms with E-state index in [1.165, 1.54) is 24.8 Å². The maximum atomic E-state index is 12.3. The molecule has 0 saturated heterocycles. The van der Waals surface area contributed by atoms with E-state index in [-0.39, 0.29) is 23.4 Å². The van der Waals surface area contributed by atoms with Crippen LogP contribution in [0.4, 0.5) is 5.69 Å². The summed E-state index contributed by atoms with van der Waals surface area (Å²) < 4.78 is 7.32. The summed E-state index contributed by atoms with van der Waals surface area (Å²) in [5.41, 5.74) is 8.01. The fourth-order valence-electron chi connectivity index (χ4n) is 3.77. The molecule has 8 heteroatoms. The zero-order valence-electron chi connectivity index (χ0n) is 20.4. The van der Waals surface area contributed by atoms with Crippen molar-refractivity contribution in [3.05, 3.63) is 86.7 Å². The summed E-state index contributed by atoms with van der Waals surface area (Å²) in [5.74, 6) is 0.191. The Bertz CT molecular complexity index is 1230. The average molecular weight is 463 g/mol. The molecule has 34 heavy (non-hydrogen) atoms. The summed E-state index contributed by atoms with van der Waals surface area (Å²) in [7, 11) is 1.48. The van der Waals surface area contributed by atoms with Crippen LogP contribution in [0.3, 0.4) is 0 Å². The summed E-state index contributed by atoms with van der Waals surface area (Å²) in [4.78, 5) is 23.0. The fourth-order valence-corrected chi connectivity index (χ4v) is 3.77. The first-order chi connectivity index (χ1) is 16.0. The Labute approximate surface area is 199 Å². The number of carbonyl (C=O) groups excluding carboxylic acids is 1. The van der Waals surface area contributed by atoms with Gasteiger partial charge in [0.2, 0.25) is 5.91 Å². The van der Waals surface area contributed by atoms with Crippen molar-refractivity contribution in [2.24, 2.45) is 5.10 Å². The van der Waals surface area contributed by atoms with Crippen LogP contribution in [0, 0.1) is 24.0 Å². The predicted octanol–water partition coefficient (Wildman–Crippen LogP) is 5.00. The molecule has 0 unspecified atom stereocenters.